The molecular formula is C12H20S. The molecule has 0 amide bonds. The SMILES string of the molecule is CC.CCCSCc1ccccc1. The first-order valence-electron chi connectivity index (χ1n) is 5.05. The Morgan fingerprint density at radius 3 is 2.23 bits per heavy atom. The van der Waals surface area contributed by atoms with Gasteiger partial charge in [0.05, 0.1) is 0 Å². The Kier molecular flexibility index (Phi) is 9.34. The van der Waals surface area contributed by atoms with Crippen LogP contribution in [0.3, 0.4) is 0 Å². The second kappa shape index (κ2) is 9.66. The fraction of sp³-hybridized carbons (Fsp3) is 0.500. The quantitative estimate of drug-likeness (QED) is 0.645. The molecule has 0 aliphatic rings. The third kappa shape index (κ3) is 6.71. The molecule has 0 heterocycles. The minimum atomic E-state index is 1.16. The smallest absolute Gasteiger partial charge is 0.0184 e. The number of rotatable bonds is 4. The maximum absolute atomic E-state index is 2.22. The van der Waals surface area contributed by atoms with E-state index in [0.717, 1.165) is 5.75 Å². The molecule has 0 atom stereocenters. The second-order valence-corrected chi connectivity index (χ2v) is 3.64. The fourth-order valence-corrected chi connectivity index (χ4v) is 1.77. The second-order valence-electron chi connectivity index (χ2n) is 2.54. The molecular weight excluding hydrogens is 176 g/mol. The van der Waals surface area contributed by atoms with Crippen LogP contribution in [0.4, 0.5) is 0 Å². The van der Waals surface area contributed by atoms with E-state index in [-0.39, 0.29) is 0 Å². The van der Waals surface area contributed by atoms with E-state index in [1.165, 1.54) is 17.7 Å². The van der Waals surface area contributed by atoms with Gasteiger partial charge in [-0.05, 0) is 17.7 Å². The van der Waals surface area contributed by atoms with Crippen molar-refractivity contribution in [3.05, 3.63) is 35.9 Å². The normalized spacial score (nSPS) is 8.85. The van der Waals surface area contributed by atoms with E-state index in [1.54, 1.807) is 0 Å². The largest absolute Gasteiger partial charge is 0.157 e. The molecule has 0 nitrogen and oxygen atoms in total. The zero-order valence-electron chi connectivity index (χ0n) is 8.92. The van der Waals surface area contributed by atoms with Crippen molar-refractivity contribution in [2.24, 2.45) is 0 Å². The highest BCUT2D eigenvalue weighted by Gasteiger charge is 1.89. The van der Waals surface area contributed by atoms with Crippen LogP contribution in [-0.4, -0.2) is 5.75 Å². The fourth-order valence-electron chi connectivity index (χ4n) is 0.909. The highest BCUT2D eigenvalue weighted by molar-refractivity contribution is 7.98. The van der Waals surface area contributed by atoms with Crippen molar-refractivity contribution in [1.29, 1.82) is 0 Å². The Hall–Kier alpha value is -0.430. The summed E-state index contributed by atoms with van der Waals surface area (Å²) in [5.74, 6) is 2.43. The summed E-state index contributed by atoms with van der Waals surface area (Å²) in [7, 11) is 0. The topological polar surface area (TPSA) is 0 Å². The number of hydrogen-bond donors (Lipinski definition) is 0. The minimum Gasteiger partial charge on any atom is -0.157 e. The maximum Gasteiger partial charge on any atom is 0.0184 e. The van der Waals surface area contributed by atoms with Gasteiger partial charge in [0.2, 0.25) is 0 Å². The molecule has 1 heteroatoms. The van der Waals surface area contributed by atoms with Crippen molar-refractivity contribution >= 4 is 11.8 Å². The Balaban J connectivity index is 0.000000671. The minimum absolute atomic E-state index is 1.16. The van der Waals surface area contributed by atoms with Crippen LogP contribution in [0.1, 0.15) is 32.8 Å². The molecule has 0 fully saturated rings. The summed E-state index contributed by atoms with van der Waals surface area (Å²) in [6, 6.07) is 10.6. The summed E-state index contributed by atoms with van der Waals surface area (Å²) in [5.41, 5.74) is 1.44. The van der Waals surface area contributed by atoms with Gasteiger partial charge in [0.15, 0.2) is 0 Å². The van der Waals surface area contributed by atoms with E-state index in [1.807, 2.05) is 25.6 Å². The Morgan fingerprint density at radius 1 is 1.08 bits per heavy atom. The molecule has 13 heavy (non-hydrogen) atoms. The monoisotopic (exact) mass is 196 g/mol. The van der Waals surface area contributed by atoms with E-state index >= 15 is 0 Å². The molecule has 1 rings (SSSR count). The molecule has 74 valence electrons. The lowest BCUT2D eigenvalue weighted by Gasteiger charge is -1.98. The van der Waals surface area contributed by atoms with Crippen LogP contribution in [0.5, 0.6) is 0 Å². The number of hydrogen-bond acceptors (Lipinski definition) is 1. The first-order valence-corrected chi connectivity index (χ1v) is 6.20. The molecule has 0 saturated carbocycles. The maximum atomic E-state index is 2.22. The Bertz CT molecular complexity index is 182. The molecule has 1 aromatic rings. The molecule has 0 aliphatic carbocycles. The molecule has 0 aliphatic heterocycles. The average molecular weight is 196 g/mol. The molecule has 0 N–H and O–H groups in total. The lowest BCUT2D eigenvalue weighted by atomic mass is 10.2. The van der Waals surface area contributed by atoms with Crippen molar-refractivity contribution in [1.82, 2.24) is 0 Å². The Morgan fingerprint density at radius 2 is 1.69 bits per heavy atom. The highest BCUT2D eigenvalue weighted by atomic mass is 32.2. The first-order chi connectivity index (χ1) is 6.43. The summed E-state index contributed by atoms with van der Waals surface area (Å²) in [6.07, 6.45) is 1.28. The Labute approximate surface area is 86.7 Å². The van der Waals surface area contributed by atoms with Crippen molar-refractivity contribution in [2.75, 3.05) is 5.75 Å². The van der Waals surface area contributed by atoms with Gasteiger partial charge in [-0.15, -0.1) is 0 Å². The van der Waals surface area contributed by atoms with E-state index < -0.39 is 0 Å². The standard InChI is InChI=1S/C10H14S.C2H6/c1-2-8-11-9-10-6-4-3-5-7-10;1-2/h3-7H,2,8-9H2,1H3;1-2H3. The van der Waals surface area contributed by atoms with E-state index in [2.05, 4.69) is 37.3 Å². The van der Waals surface area contributed by atoms with Gasteiger partial charge in [0.25, 0.3) is 0 Å². The van der Waals surface area contributed by atoms with Gasteiger partial charge in [-0.3, -0.25) is 0 Å². The van der Waals surface area contributed by atoms with Crippen molar-refractivity contribution < 1.29 is 0 Å². The van der Waals surface area contributed by atoms with Crippen molar-refractivity contribution in [3.63, 3.8) is 0 Å². The molecule has 0 saturated heterocycles. The van der Waals surface area contributed by atoms with E-state index in [9.17, 15) is 0 Å². The predicted molar refractivity (Wildman–Crippen MR) is 64.2 cm³/mol. The molecule has 0 radical (unpaired) electrons. The highest BCUT2D eigenvalue weighted by Crippen LogP contribution is 2.11. The third-order valence-electron chi connectivity index (χ3n) is 1.46. The summed E-state index contributed by atoms with van der Waals surface area (Å²) < 4.78 is 0. The van der Waals surface area contributed by atoms with Gasteiger partial charge in [-0.2, -0.15) is 11.8 Å². The van der Waals surface area contributed by atoms with E-state index in [4.69, 9.17) is 0 Å². The summed E-state index contributed by atoms with van der Waals surface area (Å²) in [5, 5.41) is 0. The van der Waals surface area contributed by atoms with Crippen LogP contribution in [0, 0.1) is 0 Å². The lowest BCUT2D eigenvalue weighted by Crippen LogP contribution is -1.80. The zero-order chi connectivity index (χ0) is 9.94. The van der Waals surface area contributed by atoms with Crippen LogP contribution < -0.4 is 0 Å². The van der Waals surface area contributed by atoms with Crippen molar-refractivity contribution in [2.45, 2.75) is 32.9 Å². The van der Waals surface area contributed by atoms with Gasteiger partial charge < -0.3 is 0 Å². The van der Waals surface area contributed by atoms with Gasteiger partial charge in [-0.25, -0.2) is 0 Å². The summed E-state index contributed by atoms with van der Waals surface area (Å²) >= 11 is 2.01. The first kappa shape index (κ1) is 12.6. The van der Waals surface area contributed by atoms with Crippen LogP contribution in [0.25, 0.3) is 0 Å². The molecule has 0 unspecified atom stereocenters. The van der Waals surface area contributed by atoms with Crippen LogP contribution in [0.15, 0.2) is 30.3 Å². The van der Waals surface area contributed by atoms with E-state index in [0.29, 0.717) is 0 Å². The number of thioether (sulfide) groups is 1. The van der Waals surface area contributed by atoms with Gasteiger partial charge in [-0.1, -0.05) is 51.1 Å². The van der Waals surface area contributed by atoms with Crippen molar-refractivity contribution in [3.8, 4) is 0 Å². The predicted octanol–water partition coefficient (Wildman–Crippen LogP) is 4.36. The zero-order valence-corrected chi connectivity index (χ0v) is 9.73. The molecule has 0 bridgehead atoms. The van der Waals surface area contributed by atoms with Gasteiger partial charge >= 0.3 is 0 Å². The third-order valence-corrected chi connectivity index (χ3v) is 2.69. The van der Waals surface area contributed by atoms with Gasteiger partial charge in [0, 0.05) is 5.75 Å². The van der Waals surface area contributed by atoms with Crippen LogP contribution in [0.2, 0.25) is 0 Å². The average Bonchev–Trinajstić information content (AvgIpc) is 2.23. The van der Waals surface area contributed by atoms with Crippen LogP contribution in [-0.2, 0) is 5.75 Å². The van der Waals surface area contributed by atoms with Crippen LogP contribution >= 0.6 is 11.8 Å². The summed E-state index contributed by atoms with van der Waals surface area (Å²) in [6.45, 7) is 6.22. The summed E-state index contributed by atoms with van der Waals surface area (Å²) in [4.78, 5) is 0. The molecule has 0 spiro atoms. The molecule has 0 aromatic heterocycles. The lowest BCUT2D eigenvalue weighted by molar-refractivity contribution is 1.10. The number of benzene rings is 1. The molecule has 1 aromatic carbocycles. The van der Waals surface area contributed by atoms with Gasteiger partial charge in [0.1, 0.15) is 0 Å².